The fourth-order valence-electron chi connectivity index (χ4n) is 2.70. The summed E-state index contributed by atoms with van der Waals surface area (Å²) < 4.78 is 10.8. The van der Waals surface area contributed by atoms with Crippen molar-refractivity contribution in [2.45, 2.75) is 6.42 Å². The molecule has 1 amide bonds. The topological polar surface area (TPSA) is 76.1 Å². The van der Waals surface area contributed by atoms with E-state index in [1.807, 2.05) is 24.3 Å². The van der Waals surface area contributed by atoms with Crippen molar-refractivity contribution in [2.75, 3.05) is 25.2 Å². The number of ether oxygens (including phenoxy) is 2. The molecule has 0 aliphatic carbocycles. The number of carboxylic acids is 1. The normalized spacial score (nSPS) is 13.5. The number of fused-ring (bicyclic) bond motifs is 1. The maximum Gasteiger partial charge on any atom is 0.339 e. The Bertz CT molecular complexity index is 787. The lowest BCUT2D eigenvalue weighted by Crippen LogP contribution is -2.31. The Morgan fingerprint density at radius 3 is 2.75 bits per heavy atom. The number of carbonyl (C=O) groups excluding carboxylic acids is 1. The molecule has 0 bridgehead atoms. The Morgan fingerprint density at radius 1 is 1.21 bits per heavy atom. The number of rotatable bonds is 3. The molecule has 124 valence electrons. The van der Waals surface area contributed by atoms with Crippen LogP contribution >= 0.6 is 0 Å². The van der Waals surface area contributed by atoms with E-state index in [2.05, 4.69) is 0 Å². The summed E-state index contributed by atoms with van der Waals surface area (Å²) >= 11 is 0. The van der Waals surface area contributed by atoms with Crippen LogP contribution in [0.3, 0.4) is 0 Å². The first-order valence-corrected chi connectivity index (χ1v) is 7.57. The van der Waals surface area contributed by atoms with Gasteiger partial charge in [-0.05, 0) is 36.8 Å². The first-order valence-electron chi connectivity index (χ1n) is 7.57. The van der Waals surface area contributed by atoms with Gasteiger partial charge >= 0.3 is 5.97 Å². The van der Waals surface area contributed by atoms with E-state index in [1.54, 1.807) is 4.90 Å². The van der Waals surface area contributed by atoms with Gasteiger partial charge in [-0.3, -0.25) is 4.79 Å². The van der Waals surface area contributed by atoms with Crippen LogP contribution in [0.2, 0.25) is 0 Å². The van der Waals surface area contributed by atoms with Gasteiger partial charge in [-0.25, -0.2) is 4.79 Å². The molecule has 1 aliphatic heterocycles. The third-order valence-electron chi connectivity index (χ3n) is 3.86. The molecule has 0 aromatic heterocycles. The minimum atomic E-state index is -1.10. The van der Waals surface area contributed by atoms with E-state index in [4.69, 9.17) is 14.6 Å². The summed E-state index contributed by atoms with van der Waals surface area (Å²) in [4.78, 5) is 25.8. The second-order valence-corrected chi connectivity index (χ2v) is 5.35. The average Bonchev–Trinajstić information content (AvgIpc) is 2.82. The number of nitrogens with zero attached hydrogens (tertiary/aromatic N) is 1. The van der Waals surface area contributed by atoms with E-state index < -0.39 is 5.97 Å². The lowest BCUT2D eigenvalue weighted by Gasteiger charge is -2.22. The van der Waals surface area contributed by atoms with Gasteiger partial charge in [0.1, 0.15) is 17.1 Å². The molecule has 0 atom stereocenters. The van der Waals surface area contributed by atoms with Gasteiger partial charge in [-0.15, -0.1) is 0 Å². The Kier molecular flexibility index (Phi) is 4.37. The van der Waals surface area contributed by atoms with Gasteiger partial charge in [-0.2, -0.15) is 0 Å². The Hall–Kier alpha value is -3.02. The van der Waals surface area contributed by atoms with Gasteiger partial charge in [0, 0.05) is 12.1 Å². The summed E-state index contributed by atoms with van der Waals surface area (Å²) in [5.41, 5.74) is 1.10. The van der Waals surface area contributed by atoms with E-state index in [9.17, 15) is 9.59 Å². The fourth-order valence-corrected chi connectivity index (χ4v) is 2.70. The van der Waals surface area contributed by atoms with Crippen LogP contribution in [0.5, 0.6) is 11.5 Å². The first-order chi connectivity index (χ1) is 11.6. The van der Waals surface area contributed by atoms with E-state index in [0.717, 1.165) is 0 Å². The van der Waals surface area contributed by atoms with Crippen molar-refractivity contribution in [3.05, 3.63) is 53.6 Å². The number of anilines is 1. The second-order valence-electron chi connectivity index (χ2n) is 5.35. The minimum absolute atomic E-state index is 0.0219. The minimum Gasteiger partial charge on any atom is -0.496 e. The summed E-state index contributed by atoms with van der Waals surface area (Å²) in [7, 11) is 1.38. The number of carboxylic acid groups (broad SMARTS) is 1. The van der Waals surface area contributed by atoms with Gasteiger partial charge in [0.05, 0.1) is 19.4 Å². The largest absolute Gasteiger partial charge is 0.496 e. The predicted molar refractivity (Wildman–Crippen MR) is 88.2 cm³/mol. The smallest absolute Gasteiger partial charge is 0.339 e. The van der Waals surface area contributed by atoms with Crippen molar-refractivity contribution >= 4 is 17.6 Å². The summed E-state index contributed by atoms with van der Waals surface area (Å²) in [5.74, 6) is -0.493. The SMILES string of the molecule is COc1cc(C(=O)N2CCCOc3ccccc32)ccc1C(=O)O. The number of carbonyl (C=O) groups is 2. The molecule has 0 fully saturated rings. The van der Waals surface area contributed by atoms with Crippen molar-refractivity contribution in [2.24, 2.45) is 0 Å². The predicted octanol–water partition coefficient (Wildman–Crippen LogP) is 2.82. The van der Waals surface area contributed by atoms with Crippen molar-refractivity contribution in [3.63, 3.8) is 0 Å². The third-order valence-corrected chi connectivity index (χ3v) is 3.86. The molecule has 0 saturated heterocycles. The lowest BCUT2D eigenvalue weighted by atomic mass is 10.1. The van der Waals surface area contributed by atoms with Crippen molar-refractivity contribution in [1.29, 1.82) is 0 Å². The maximum absolute atomic E-state index is 12.9. The summed E-state index contributed by atoms with van der Waals surface area (Å²) in [6.45, 7) is 1.07. The zero-order valence-corrected chi connectivity index (χ0v) is 13.2. The Morgan fingerprint density at radius 2 is 2.00 bits per heavy atom. The van der Waals surface area contributed by atoms with Crippen LogP contribution < -0.4 is 14.4 Å². The number of hydrogen-bond acceptors (Lipinski definition) is 4. The number of methoxy groups -OCH3 is 1. The quantitative estimate of drug-likeness (QED) is 0.938. The number of para-hydroxylation sites is 2. The maximum atomic E-state index is 12.9. The van der Waals surface area contributed by atoms with Gasteiger partial charge in [0.15, 0.2) is 0 Å². The highest BCUT2D eigenvalue weighted by Gasteiger charge is 2.24. The number of hydrogen-bond donors (Lipinski definition) is 1. The number of aromatic carboxylic acids is 1. The molecular weight excluding hydrogens is 310 g/mol. The molecule has 0 spiro atoms. The molecule has 6 heteroatoms. The van der Waals surface area contributed by atoms with Crippen LogP contribution in [-0.4, -0.2) is 37.2 Å². The molecule has 2 aromatic rings. The van der Waals surface area contributed by atoms with Crippen LogP contribution in [0.25, 0.3) is 0 Å². The molecule has 0 radical (unpaired) electrons. The van der Waals surface area contributed by atoms with Gasteiger partial charge in [-0.1, -0.05) is 12.1 Å². The van der Waals surface area contributed by atoms with Gasteiger partial charge in [0.2, 0.25) is 0 Å². The molecular formula is C18H17NO5. The molecule has 6 nitrogen and oxygen atoms in total. The van der Waals surface area contributed by atoms with Crippen LogP contribution in [0.15, 0.2) is 42.5 Å². The van der Waals surface area contributed by atoms with E-state index in [0.29, 0.717) is 36.6 Å². The monoisotopic (exact) mass is 327 g/mol. The fraction of sp³-hybridized carbons (Fsp3) is 0.222. The summed E-state index contributed by atoms with van der Waals surface area (Å²) in [6, 6.07) is 11.7. The van der Waals surface area contributed by atoms with Crippen LogP contribution in [-0.2, 0) is 0 Å². The molecule has 24 heavy (non-hydrogen) atoms. The van der Waals surface area contributed by atoms with Gasteiger partial charge < -0.3 is 19.5 Å². The highest BCUT2D eigenvalue weighted by molar-refractivity contribution is 6.07. The zero-order chi connectivity index (χ0) is 17.1. The van der Waals surface area contributed by atoms with Gasteiger partial charge in [0.25, 0.3) is 5.91 Å². The molecule has 3 rings (SSSR count). The first kappa shape index (κ1) is 15.9. The highest BCUT2D eigenvalue weighted by Crippen LogP contribution is 2.32. The van der Waals surface area contributed by atoms with E-state index >= 15 is 0 Å². The second kappa shape index (κ2) is 6.62. The van der Waals surface area contributed by atoms with Crippen molar-refractivity contribution < 1.29 is 24.2 Å². The molecule has 0 saturated carbocycles. The third kappa shape index (κ3) is 2.90. The Balaban J connectivity index is 1.99. The van der Waals surface area contributed by atoms with E-state index in [1.165, 1.54) is 25.3 Å². The average molecular weight is 327 g/mol. The molecule has 1 N–H and O–H groups in total. The summed E-state index contributed by atoms with van der Waals surface area (Å²) in [6.07, 6.45) is 0.713. The van der Waals surface area contributed by atoms with Crippen LogP contribution in [0, 0.1) is 0 Å². The summed E-state index contributed by atoms with van der Waals surface area (Å²) in [5, 5.41) is 9.15. The molecule has 1 aliphatic rings. The highest BCUT2D eigenvalue weighted by atomic mass is 16.5. The van der Waals surface area contributed by atoms with E-state index in [-0.39, 0.29) is 17.2 Å². The number of amides is 1. The van der Waals surface area contributed by atoms with Crippen LogP contribution in [0.1, 0.15) is 27.1 Å². The van der Waals surface area contributed by atoms with Crippen molar-refractivity contribution in [1.82, 2.24) is 0 Å². The molecule has 2 aromatic carbocycles. The van der Waals surface area contributed by atoms with Crippen molar-refractivity contribution in [3.8, 4) is 11.5 Å². The Labute approximate surface area is 139 Å². The number of benzene rings is 2. The molecule has 1 heterocycles. The molecule has 0 unspecified atom stereocenters. The zero-order valence-electron chi connectivity index (χ0n) is 13.2. The van der Waals surface area contributed by atoms with Crippen LogP contribution in [0.4, 0.5) is 5.69 Å². The lowest BCUT2D eigenvalue weighted by molar-refractivity contribution is 0.0692. The standard InChI is InChI=1S/C18H17NO5/c1-23-16-11-12(7-8-13(16)18(21)22)17(20)19-9-4-10-24-15-6-3-2-5-14(15)19/h2-3,5-8,11H,4,9-10H2,1H3,(H,21,22).